The molecule has 0 aliphatic carbocycles. The van der Waals surface area contributed by atoms with E-state index < -0.39 is 6.16 Å². The van der Waals surface area contributed by atoms with Gasteiger partial charge < -0.3 is 15.3 Å². The Hall–Kier alpha value is -1.37. The number of rotatable bonds is 0. The zero-order valence-corrected chi connectivity index (χ0v) is 5.83. The summed E-state index contributed by atoms with van der Waals surface area (Å²) in [5.41, 5.74) is 0. The molecule has 0 amide bonds. The van der Waals surface area contributed by atoms with Crippen LogP contribution in [0.1, 0.15) is 13.8 Å². The number of carboxylic acid groups (broad SMARTS) is 2. The smallest absolute Gasteiger partial charge is 0.462 e. The number of hydrogen-bond acceptors (Lipinski definition) is 2. The maximum Gasteiger partial charge on any atom is 0.503 e. The Morgan fingerprint density at radius 2 is 1.70 bits per heavy atom. The van der Waals surface area contributed by atoms with Crippen LogP contribution < -0.4 is 0 Å². The second kappa shape index (κ2) is 7.63. The normalized spacial score (nSPS) is 6.70. The molecule has 10 heavy (non-hydrogen) atoms. The molecule has 0 fully saturated rings. The fourth-order valence-corrected chi connectivity index (χ4v) is 0.129. The van der Waals surface area contributed by atoms with Gasteiger partial charge in [0.2, 0.25) is 0 Å². The van der Waals surface area contributed by atoms with Crippen molar-refractivity contribution in [3.05, 3.63) is 0 Å². The van der Waals surface area contributed by atoms with Gasteiger partial charge in [-0.25, -0.2) is 4.79 Å². The molecule has 4 nitrogen and oxygen atoms in total. The molecule has 0 aromatic rings. The van der Waals surface area contributed by atoms with Crippen LogP contribution in [-0.2, 0) is 0 Å². The Bertz CT molecular complexity index is 136. The first-order valence-corrected chi connectivity index (χ1v) is 2.57. The molecule has 0 saturated carbocycles. The average Bonchev–Trinajstić information content (AvgIpc) is 1.62. The van der Waals surface area contributed by atoms with Crippen molar-refractivity contribution in [2.24, 2.45) is 5.92 Å². The molecule has 0 aromatic heterocycles. The van der Waals surface area contributed by atoms with E-state index in [1.165, 1.54) is 0 Å². The largest absolute Gasteiger partial charge is 0.503 e. The summed E-state index contributed by atoms with van der Waals surface area (Å²) >= 11 is 0. The predicted octanol–water partition coefficient (Wildman–Crippen LogP) is 1.20. The van der Waals surface area contributed by atoms with Crippen molar-refractivity contribution < 1.29 is 20.1 Å². The summed E-state index contributed by atoms with van der Waals surface area (Å²) in [5.74, 6) is 2.80. The lowest BCUT2D eigenvalue weighted by atomic mass is 10.2. The van der Waals surface area contributed by atoms with Crippen LogP contribution in [0.25, 0.3) is 0 Å². The minimum atomic E-state index is -1.83. The summed E-state index contributed by atoms with van der Waals surface area (Å²) in [5, 5.41) is 21.8. The molecule has 3 N–H and O–H groups in total. The van der Waals surface area contributed by atoms with Gasteiger partial charge in [0.15, 0.2) is 0 Å². The molecule has 0 heterocycles. The van der Waals surface area contributed by atoms with Gasteiger partial charge in [-0.3, -0.25) is 0 Å². The van der Waals surface area contributed by atoms with E-state index >= 15 is 0 Å². The van der Waals surface area contributed by atoms with E-state index in [0.29, 0.717) is 0 Å². The fraction of sp³-hybridized carbons (Fsp3) is 0.500. The Morgan fingerprint density at radius 1 is 1.40 bits per heavy atom. The molecule has 0 rings (SSSR count). The highest BCUT2D eigenvalue weighted by Crippen LogP contribution is 1.83. The lowest BCUT2D eigenvalue weighted by Gasteiger charge is -1.80. The molecule has 0 unspecified atom stereocenters. The van der Waals surface area contributed by atoms with Gasteiger partial charge >= 0.3 is 6.16 Å². The zero-order chi connectivity index (χ0) is 8.57. The van der Waals surface area contributed by atoms with Gasteiger partial charge in [-0.05, 0) is 0 Å². The number of carbonyl (C=O) groups is 1. The predicted molar refractivity (Wildman–Crippen MR) is 35.2 cm³/mol. The molecule has 4 heteroatoms. The first-order valence-electron chi connectivity index (χ1n) is 2.57. The lowest BCUT2D eigenvalue weighted by Crippen LogP contribution is -1.81. The van der Waals surface area contributed by atoms with E-state index in [0.717, 1.165) is 0 Å². The van der Waals surface area contributed by atoms with Gasteiger partial charge in [-0.15, -0.1) is 0 Å². The Balaban J connectivity index is 0. The first kappa shape index (κ1) is 11.4. The molecule has 0 bridgehead atoms. The summed E-state index contributed by atoms with van der Waals surface area (Å²) < 4.78 is 0. The third kappa shape index (κ3) is 79.1. The molecule has 58 valence electrons. The van der Waals surface area contributed by atoms with Gasteiger partial charge in [-0.1, -0.05) is 19.8 Å². The quantitative estimate of drug-likeness (QED) is 0.448. The topological polar surface area (TPSA) is 77.8 Å². The highest BCUT2D eigenvalue weighted by Gasteiger charge is 1.77. The van der Waals surface area contributed by atoms with Gasteiger partial charge in [-0.2, -0.15) is 0 Å². The van der Waals surface area contributed by atoms with Crippen LogP contribution >= 0.6 is 0 Å². The molecule has 0 aliphatic rings. The summed E-state index contributed by atoms with van der Waals surface area (Å²) in [4.78, 5) is 8.56. The Kier molecular flexibility index (Phi) is 8.72. The number of aliphatic hydroxyl groups excluding tert-OH is 1. The third-order valence-corrected chi connectivity index (χ3v) is 0.353. The summed E-state index contributed by atoms with van der Waals surface area (Å²) in [6, 6.07) is 0. The van der Waals surface area contributed by atoms with Crippen molar-refractivity contribution in [3.63, 3.8) is 0 Å². The van der Waals surface area contributed by atoms with E-state index in [1.54, 1.807) is 0 Å². The molecule has 0 aromatic carbocycles. The highest BCUT2D eigenvalue weighted by molar-refractivity contribution is 5.53. The van der Waals surface area contributed by atoms with Gasteiger partial charge in [0.25, 0.3) is 0 Å². The number of hydrogen-bond donors (Lipinski definition) is 3. The molecule has 0 radical (unpaired) electrons. The maximum absolute atomic E-state index is 8.56. The summed E-state index contributed by atoms with van der Waals surface area (Å²) in [7, 11) is 0. The summed E-state index contributed by atoms with van der Waals surface area (Å²) in [6.07, 6.45) is -0.0162. The summed E-state index contributed by atoms with van der Waals surface area (Å²) in [6.45, 7) is 3.84. The molecule has 0 aliphatic heterocycles. The van der Waals surface area contributed by atoms with E-state index in [4.69, 9.17) is 20.1 Å². The van der Waals surface area contributed by atoms with Crippen LogP contribution in [-0.4, -0.2) is 21.5 Å². The van der Waals surface area contributed by atoms with E-state index in [9.17, 15) is 0 Å². The van der Waals surface area contributed by atoms with Crippen molar-refractivity contribution in [2.45, 2.75) is 13.8 Å². The molecular formula is C6H10O4. The van der Waals surface area contributed by atoms with Crippen molar-refractivity contribution >= 4 is 6.16 Å². The second-order valence-electron chi connectivity index (χ2n) is 1.69. The number of aliphatic hydroxyl groups is 1. The van der Waals surface area contributed by atoms with Gasteiger partial charge in [0, 0.05) is 5.92 Å². The zero-order valence-electron chi connectivity index (χ0n) is 5.83. The van der Waals surface area contributed by atoms with Crippen LogP contribution in [0, 0.1) is 17.9 Å². The maximum atomic E-state index is 8.56. The minimum Gasteiger partial charge on any atom is -0.462 e. The minimum absolute atomic E-state index is 0.287. The Morgan fingerprint density at radius 3 is 1.70 bits per heavy atom. The van der Waals surface area contributed by atoms with E-state index in [1.807, 2.05) is 20.0 Å². The van der Waals surface area contributed by atoms with Gasteiger partial charge in [0.05, 0.1) is 0 Å². The third-order valence-electron chi connectivity index (χ3n) is 0.353. The van der Waals surface area contributed by atoms with E-state index in [-0.39, 0.29) is 5.92 Å². The van der Waals surface area contributed by atoms with Crippen molar-refractivity contribution in [1.29, 1.82) is 0 Å². The average molecular weight is 146 g/mol. The lowest BCUT2D eigenvalue weighted by molar-refractivity contribution is 0.137. The van der Waals surface area contributed by atoms with Crippen LogP contribution in [0.15, 0.2) is 0 Å². The first-order chi connectivity index (χ1) is 4.50. The standard InChI is InChI=1S/C5H8O.CH2O3/c1-5(2)3-4-6;2-1(3)4/h5-6H,1-2H3;(H2,2,3,4). The van der Waals surface area contributed by atoms with Crippen molar-refractivity contribution in [3.8, 4) is 12.0 Å². The fourth-order valence-electron chi connectivity index (χ4n) is 0.129. The molecule has 0 atom stereocenters. The van der Waals surface area contributed by atoms with E-state index in [2.05, 4.69) is 5.92 Å². The van der Waals surface area contributed by atoms with Crippen molar-refractivity contribution in [1.82, 2.24) is 0 Å². The second-order valence-corrected chi connectivity index (χ2v) is 1.69. The van der Waals surface area contributed by atoms with Crippen LogP contribution in [0.3, 0.4) is 0 Å². The van der Waals surface area contributed by atoms with Gasteiger partial charge in [0.1, 0.15) is 6.11 Å². The highest BCUT2D eigenvalue weighted by atomic mass is 16.6. The molecule has 0 saturated heterocycles. The molecular weight excluding hydrogens is 136 g/mol. The molecule has 0 spiro atoms. The van der Waals surface area contributed by atoms with Crippen LogP contribution in [0.2, 0.25) is 0 Å². The monoisotopic (exact) mass is 146 g/mol. The Labute approximate surface area is 59.1 Å². The van der Waals surface area contributed by atoms with Crippen molar-refractivity contribution in [2.75, 3.05) is 0 Å². The SMILES string of the molecule is CC(C)C#CO.O=C(O)O. The van der Waals surface area contributed by atoms with Crippen LogP contribution in [0.4, 0.5) is 4.79 Å². The van der Waals surface area contributed by atoms with Crippen LogP contribution in [0.5, 0.6) is 0 Å².